The molecule has 6 saturated heterocycles. The quantitative estimate of drug-likeness (QED) is 0.0643. The molecule has 0 amide bonds. The number of hydrogen-bond donors (Lipinski definition) is 20. The van der Waals surface area contributed by atoms with Crippen molar-refractivity contribution in [3.05, 3.63) is 0 Å². The van der Waals surface area contributed by atoms with Gasteiger partial charge in [-0.3, -0.25) is 0 Å². The lowest BCUT2D eigenvalue weighted by molar-refractivity contribution is -0.405. The lowest BCUT2D eigenvalue weighted by Gasteiger charge is -2.49. The van der Waals surface area contributed by atoms with E-state index in [4.69, 9.17) is 52.1 Å². The van der Waals surface area contributed by atoms with E-state index in [0.717, 1.165) is 0 Å². The first-order chi connectivity index (χ1) is 31.8. The molecule has 0 saturated carbocycles. The van der Waals surface area contributed by atoms with Crippen LogP contribution in [0, 0.1) is 0 Å². The summed E-state index contributed by atoms with van der Waals surface area (Å²) in [7, 11) is 0. The third kappa shape index (κ3) is 10.8. The summed E-state index contributed by atoms with van der Waals surface area (Å²) in [4.78, 5) is 0. The molecule has 6 heterocycles. The summed E-state index contributed by atoms with van der Waals surface area (Å²) < 4.78 is 60.7. The van der Waals surface area contributed by atoms with E-state index in [0.29, 0.717) is 0 Å². The molecular weight excluding hydrogens is 928 g/mol. The van der Waals surface area contributed by atoms with Crippen LogP contribution in [0.1, 0.15) is 0 Å². The van der Waals surface area contributed by atoms with Crippen molar-refractivity contribution in [3.8, 4) is 0 Å². The number of rotatable bonds is 17. The molecule has 31 nitrogen and oxygen atoms in total. The second kappa shape index (κ2) is 23.1. The topological polar surface area (TPSA) is 506 Å². The maximum atomic E-state index is 11.2. The zero-order valence-electron chi connectivity index (χ0n) is 35.1. The van der Waals surface area contributed by atoms with Crippen LogP contribution in [0.3, 0.4) is 0 Å². The molecule has 20 N–H and O–H groups in total. The molecule has 0 unspecified atom stereocenters. The number of hydrogen-bond acceptors (Lipinski definition) is 31. The van der Waals surface area contributed by atoms with Crippen molar-refractivity contribution in [2.75, 3.05) is 46.2 Å². The van der Waals surface area contributed by atoms with E-state index in [1.165, 1.54) is 0 Å². The highest BCUT2D eigenvalue weighted by Gasteiger charge is 2.60. The molecule has 0 aromatic carbocycles. The van der Waals surface area contributed by atoms with Crippen LogP contribution in [-0.4, -0.2) is 326 Å². The van der Waals surface area contributed by atoms with E-state index in [1.807, 2.05) is 0 Å². The van der Waals surface area contributed by atoms with E-state index in [9.17, 15) is 102 Å². The third-order valence-corrected chi connectivity index (χ3v) is 12.5. The van der Waals surface area contributed by atoms with Crippen molar-refractivity contribution < 1.29 is 154 Å². The largest absolute Gasteiger partial charge is 0.394 e. The highest BCUT2D eigenvalue weighted by Crippen LogP contribution is 2.39. The lowest BCUT2D eigenvalue weighted by atomic mass is 9.95. The predicted molar refractivity (Wildman–Crippen MR) is 199 cm³/mol. The Hall–Kier alpha value is -1.24. The average molecular weight is 991 g/mol. The van der Waals surface area contributed by atoms with Crippen LogP contribution in [0.25, 0.3) is 0 Å². The number of aliphatic hydroxyl groups is 20. The van der Waals surface area contributed by atoms with Crippen LogP contribution >= 0.6 is 0 Å². The van der Waals surface area contributed by atoms with Gasteiger partial charge in [-0.25, -0.2) is 0 Å². The fourth-order valence-corrected chi connectivity index (χ4v) is 8.58. The van der Waals surface area contributed by atoms with Gasteiger partial charge in [0.1, 0.15) is 147 Å². The summed E-state index contributed by atoms with van der Waals surface area (Å²) in [6.45, 7) is -6.84. The second-order valence-electron chi connectivity index (χ2n) is 16.8. The van der Waals surface area contributed by atoms with Crippen LogP contribution in [0.15, 0.2) is 0 Å². The van der Waals surface area contributed by atoms with Gasteiger partial charge in [-0.05, 0) is 0 Å². The summed E-state index contributed by atoms with van der Waals surface area (Å²) >= 11 is 0. The van der Waals surface area contributed by atoms with Gasteiger partial charge < -0.3 is 154 Å². The van der Waals surface area contributed by atoms with Gasteiger partial charge in [0.2, 0.25) is 5.79 Å². The molecular formula is C36H62O31. The summed E-state index contributed by atoms with van der Waals surface area (Å²) in [5.74, 6) is -2.50. The van der Waals surface area contributed by atoms with Crippen LogP contribution < -0.4 is 0 Å². The standard InChI is InChI=1S/C36H62O31/c37-1-8-14(44)16(46)21(51)31(57-8)62-26-10(3-39)58-32(22(52)17(26)47)63-27-11(4-40)59-33(23(53)18(27)48)64-28-12(5-41)60-34(24(54)19(28)49)65-29-13(6-42)61-35(25(55)20(29)50)67-36(7-43)30(56)15(45)9(2-38)66-36/h8-35,37-56H,1-7H2/t8-,9+,10+,11+,12+,13+,14-,15+,16+,17+,18+,19+,20+,21-,22+,23+,24+,25+,26+,27+,28+,29+,30-,31+,32-,33-,34-,35-,36+/m0/s1. The molecule has 6 aliphatic heterocycles. The zero-order chi connectivity index (χ0) is 49.4. The van der Waals surface area contributed by atoms with Crippen LogP contribution in [0.2, 0.25) is 0 Å². The first-order valence-electron chi connectivity index (χ1n) is 21.1. The first kappa shape index (κ1) is 55.1. The van der Waals surface area contributed by atoms with Gasteiger partial charge in [0, 0.05) is 0 Å². The SMILES string of the molecule is OC[C@@H]1O[C@H](O[C@H]2[C@H](O)[C@@H](O)[C@H](O[C@H]3[C@H](O)[C@@H](O)[C@H](O[C@H]4[C@H](O)[C@@H](O)[C@H](O[C@H]5[C@H](O)[C@@H](O)[C@H](O[C@@]6(CO)O[C@H](CO)[C@@H](O)[C@@H]6O)O[C@@H]5CO)O[C@@H]4CO)O[C@@H]3CO)O[C@@H]2CO)[C@@H](O)[C@H](O)[C@H]1O. The van der Waals surface area contributed by atoms with Gasteiger partial charge in [0.05, 0.1) is 39.6 Å². The minimum absolute atomic E-state index is 0.829. The lowest BCUT2D eigenvalue weighted by Crippen LogP contribution is -2.68. The van der Waals surface area contributed by atoms with Crippen molar-refractivity contribution in [1.82, 2.24) is 0 Å². The van der Waals surface area contributed by atoms with E-state index in [1.54, 1.807) is 0 Å². The Kier molecular flexibility index (Phi) is 19.0. The second-order valence-corrected chi connectivity index (χ2v) is 16.8. The predicted octanol–water partition coefficient (Wildman–Crippen LogP) is -14.1. The van der Waals surface area contributed by atoms with Gasteiger partial charge in [-0.15, -0.1) is 0 Å². The zero-order valence-corrected chi connectivity index (χ0v) is 35.1. The van der Waals surface area contributed by atoms with E-state index >= 15 is 0 Å². The molecule has 6 fully saturated rings. The monoisotopic (exact) mass is 990 g/mol. The molecule has 0 spiro atoms. The number of aliphatic hydroxyl groups excluding tert-OH is 20. The summed E-state index contributed by atoms with van der Waals surface area (Å²) in [6, 6.07) is 0. The van der Waals surface area contributed by atoms with Crippen LogP contribution in [0.4, 0.5) is 0 Å². The Labute approximate surface area is 378 Å². The Balaban J connectivity index is 1.07. The van der Waals surface area contributed by atoms with Crippen molar-refractivity contribution >= 4 is 0 Å². The molecule has 0 radical (unpaired) electrons. The molecule has 67 heavy (non-hydrogen) atoms. The van der Waals surface area contributed by atoms with Crippen LogP contribution in [-0.2, 0) is 52.1 Å². The summed E-state index contributed by atoms with van der Waals surface area (Å²) in [5, 5.41) is 209. The summed E-state index contributed by atoms with van der Waals surface area (Å²) in [6.07, 6.45) is -53.2. The van der Waals surface area contributed by atoms with Crippen molar-refractivity contribution in [2.45, 2.75) is 178 Å². The van der Waals surface area contributed by atoms with Gasteiger partial charge >= 0.3 is 0 Å². The Morgan fingerprint density at radius 3 is 0.881 bits per heavy atom. The van der Waals surface area contributed by atoms with Gasteiger partial charge in [-0.2, -0.15) is 0 Å². The molecule has 6 rings (SSSR count). The van der Waals surface area contributed by atoms with E-state index in [-0.39, 0.29) is 0 Å². The smallest absolute Gasteiger partial charge is 0.224 e. The van der Waals surface area contributed by atoms with E-state index < -0.39 is 224 Å². The van der Waals surface area contributed by atoms with Gasteiger partial charge in [-0.1, -0.05) is 0 Å². The minimum atomic E-state index is -2.50. The molecule has 0 bridgehead atoms. The highest BCUT2D eigenvalue weighted by molar-refractivity contribution is 5.01. The Bertz CT molecular complexity index is 1520. The van der Waals surface area contributed by atoms with Gasteiger partial charge in [0.15, 0.2) is 31.5 Å². The maximum Gasteiger partial charge on any atom is 0.224 e. The molecule has 31 heteroatoms. The molecule has 0 aromatic rings. The fraction of sp³-hybridized carbons (Fsp3) is 1.00. The van der Waals surface area contributed by atoms with Crippen molar-refractivity contribution in [2.24, 2.45) is 0 Å². The Morgan fingerprint density at radius 1 is 0.299 bits per heavy atom. The highest BCUT2D eigenvalue weighted by atomic mass is 16.8. The summed E-state index contributed by atoms with van der Waals surface area (Å²) in [5.41, 5.74) is 0. The minimum Gasteiger partial charge on any atom is -0.394 e. The molecule has 392 valence electrons. The molecule has 0 aliphatic carbocycles. The van der Waals surface area contributed by atoms with Gasteiger partial charge in [0.25, 0.3) is 0 Å². The first-order valence-corrected chi connectivity index (χ1v) is 21.1. The maximum absolute atomic E-state index is 11.2. The number of ether oxygens (including phenoxy) is 11. The van der Waals surface area contributed by atoms with Crippen LogP contribution in [0.5, 0.6) is 0 Å². The molecule has 0 aromatic heterocycles. The third-order valence-electron chi connectivity index (χ3n) is 12.5. The molecule has 6 aliphatic rings. The van der Waals surface area contributed by atoms with Crippen molar-refractivity contribution in [3.63, 3.8) is 0 Å². The average Bonchev–Trinajstić information content (AvgIpc) is 3.57. The normalized spacial score (nSPS) is 53.2. The van der Waals surface area contributed by atoms with Crippen molar-refractivity contribution in [1.29, 1.82) is 0 Å². The fourth-order valence-electron chi connectivity index (χ4n) is 8.58. The Morgan fingerprint density at radius 2 is 0.582 bits per heavy atom. The molecule has 29 atom stereocenters. The van der Waals surface area contributed by atoms with E-state index in [2.05, 4.69) is 0 Å².